The molecule has 0 aliphatic rings. The van der Waals surface area contributed by atoms with Crippen molar-refractivity contribution in [3.8, 4) is 0 Å². The number of benzene rings is 2. The van der Waals surface area contributed by atoms with Gasteiger partial charge in [0.05, 0.1) is 17.0 Å². The zero-order chi connectivity index (χ0) is 27.9. The number of carbonyl (C=O) groups excluding carboxylic acids is 2. The monoisotopic (exact) mass is 609 g/mol. The van der Waals surface area contributed by atoms with Crippen molar-refractivity contribution in [1.82, 2.24) is 10.2 Å². The van der Waals surface area contributed by atoms with Gasteiger partial charge in [-0.1, -0.05) is 66.3 Å². The number of nitrogens with one attached hydrogen (secondary N) is 1. The summed E-state index contributed by atoms with van der Waals surface area (Å²) in [7, 11) is -3.71. The highest BCUT2D eigenvalue weighted by Gasteiger charge is 2.27. The van der Waals surface area contributed by atoms with Crippen LogP contribution in [0.4, 0.5) is 5.69 Å². The largest absolute Gasteiger partial charge is 0.354 e. The van der Waals surface area contributed by atoms with Crippen LogP contribution in [0.25, 0.3) is 0 Å². The van der Waals surface area contributed by atoms with E-state index in [0.717, 1.165) is 10.6 Å². The van der Waals surface area contributed by atoms with E-state index in [1.54, 1.807) is 31.2 Å². The van der Waals surface area contributed by atoms with Crippen LogP contribution in [0.2, 0.25) is 20.1 Å². The van der Waals surface area contributed by atoms with Gasteiger partial charge >= 0.3 is 0 Å². The van der Waals surface area contributed by atoms with E-state index in [0.29, 0.717) is 27.2 Å². The molecule has 2 aromatic carbocycles. The molecule has 37 heavy (non-hydrogen) atoms. The Balaban J connectivity index is 2.23. The van der Waals surface area contributed by atoms with Crippen molar-refractivity contribution in [2.45, 2.75) is 46.2 Å². The number of halogens is 4. The molecule has 2 rings (SSSR count). The summed E-state index contributed by atoms with van der Waals surface area (Å²) in [5.41, 5.74) is 0.863. The molecule has 2 amide bonds. The minimum absolute atomic E-state index is 0.00585. The molecule has 0 spiro atoms. The van der Waals surface area contributed by atoms with Gasteiger partial charge in [0.1, 0.15) is 6.04 Å². The van der Waals surface area contributed by atoms with Gasteiger partial charge in [-0.25, -0.2) is 8.42 Å². The van der Waals surface area contributed by atoms with E-state index in [1.165, 1.54) is 17.0 Å². The maximum Gasteiger partial charge on any atom is 0.242 e. The summed E-state index contributed by atoms with van der Waals surface area (Å²) in [6, 6.07) is 8.68. The maximum absolute atomic E-state index is 13.4. The summed E-state index contributed by atoms with van der Waals surface area (Å²) in [6.45, 7) is 6.14. The number of hydrogen-bond acceptors (Lipinski definition) is 4. The standard InChI is InChI=1S/C25H31Cl4N3O4S/c1-16(2)14-30-25(34)17(3)31(15-18-7-8-19(26)12-22(18)29)24(33)6-5-11-32(37(4,35)36)23-13-20(27)9-10-21(23)28/h7-10,12-13,16-17H,5-6,11,14-15H2,1-4H3,(H,30,34)/t17-/m0/s1. The molecule has 7 nitrogen and oxygen atoms in total. The summed E-state index contributed by atoms with van der Waals surface area (Å²) >= 11 is 24.6. The molecule has 0 saturated heterocycles. The first-order valence-corrected chi connectivity index (χ1v) is 15.0. The Morgan fingerprint density at radius 3 is 2.16 bits per heavy atom. The molecule has 0 saturated carbocycles. The molecule has 2 aromatic rings. The van der Waals surface area contributed by atoms with Crippen LogP contribution >= 0.6 is 46.4 Å². The third-order valence-electron chi connectivity index (χ3n) is 5.54. The quantitative estimate of drug-likeness (QED) is 0.318. The van der Waals surface area contributed by atoms with Gasteiger partial charge in [0.2, 0.25) is 21.8 Å². The fourth-order valence-corrected chi connectivity index (χ4v) is 5.40. The molecule has 1 N–H and O–H groups in total. The number of hydrogen-bond donors (Lipinski definition) is 1. The molecular weight excluding hydrogens is 580 g/mol. The SMILES string of the molecule is CC(C)CNC(=O)[C@H](C)N(Cc1ccc(Cl)cc1Cl)C(=O)CCCN(c1cc(Cl)ccc1Cl)S(C)(=O)=O. The van der Waals surface area contributed by atoms with Crippen molar-refractivity contribution in [2.75, 3.05) is 23.7 Å². The lowest BCUT2D eigenvalue weighted by atomic mass is 10.1. The predicted molar refractivity (Wildman–Crippen MR) is 152 cm³/mol. The molecule has 0 bridgehead atoms. The molecule has 12 heteroatoms. The molecule has 0 aliphatic heterocycles. The summed E-state index contributed by atoms with van der Waals surface area (Å²) in [6.07, 6.45) is 1.22. The van der Waals surface area contributed by atoms with Crippen LogP contribution in [0, 0.1) is 5.92 Å². The smallest absolute Gasteiger partial charge is 0.242 e. The Kier molecular flexibility index (Phi) is 11.8. The highest BCUT2D eigenvalue weighted by molar-refractivity contribution is 7.92. The average molecular weight is 611 g/mol. The van der Waals surface area contributed by atoms with Gasteiger partial charge in [-0.3, -0.25) is 13.9 Å². The van der Waals surface area contributed by atoms with E-state index in [1.807, 2.05) is 13.8 Å². The molecule has 0 radical (unpaired) electrons. The highest BCUT2D eigenvalue weighted by Crippen LogP contribution is 2.31. The minimum atomic E-state index is -3.71. The minimum Gasteiger partial charge on any atom is -0.354 e. The molecule has 1 atom stereocenters. The number of amides is 2. The van der Waals surface area contributed by atoms with Crippen molar-refractivity contribution in [3.05, 3.63) is 62.1 Å². The third kappa shape index (κ3) is 9.52. The van der Waals surface area contributed by atoms with Crippen LogP contribution in [-0.2, 0) is 26.2 Å². The number of anilines is 1. The molecule has 0 heterocycles. The lowest BCUT2D eigenvalue weighted by Gasteiger charge is -2.30. The molecule has 204 valence electrons. The summed E-state index contributed by atoms with van der Waals surface area (Å²) in [5, 5.41) is 4.23. The van der Waals surface area contributed by atoms with Crippen molar-refractivity contribution < 1.29 is 18.0 Å². The van der Waals surface area contributed by atoms with E-state index in [9.17, 15) is 18.0 Å². The maximum atomic E-state index is 13.4. The van der Waals surface area contributed by atoms with Gasteiger partial charge in [0.15, 0.2) is 0 Å². The van der Waals surface area contributed by atoms with Gasteiger partial charge in [-0.15, -0.1) is 0 Å². The second-order valence-electron chi connectivity index (χ2n) is 9.11. The van der Waals surface area contributed by atoms with E-state index in [-0.39, 0.29) is 54.4 Å². The van der Waals surface area contributed by atoms with Gasteiger partial charge < -0.3 is 10.2 Å². The second kappa shape index (κ2) is 13.9. The first kappa shape index (κ1) is 31.5. The molecule has 0 unspecified atom stereocenters. The summed E-state index contributed by atoms with van der Waals surface area (Å²) in [4.78, 5) is 27.6. The molecule has 0 aliphatic carbocycles. The Morgan fingerprint density at radius 2 is 1.57 bits per heavy atom. The van der Waals surface area contributed by atoms with Gasteiger partial charge in [0.25, 0.3) is 0 Å². The fraction of sp³-hybridized carbons (Fsp3) is 0.440. The second-order valence-corrected chi connectivity index (χ2v) is 12.7. The van der Waals surface area contributed by atoms with Crippen LogP contribution in [0.3, 0.4) is 0 Å². The Morgan fingerprint density at radius 1 is 0.946 bits per heavy atom. The van der Waals surface area contributed by atoms with E-state index < -0.39 is 16.1 Å². The normalized spacial score (nSPS) is 12.4. The van der Waals surface area contributed by atoms with Crippen molar-refractivity contribution in [3.63, 3.8) is 0 Å². The average Bonchev–Trinajstić information content (AvgIpc) is 2.80. The first-order chi connectivity index (χ1) is 17.2. The zero-order valence-corrected chi connectivity index (χ0v) is 24.9. The van der Waals surface area contributed by atoms with Gasteiger partial charge in [-0.05, 0) is 55.2 Å². The highest BCUT2D eigenvalue weighted by atomic mass is 35.5. The summed E-state index contributed by atoms with van der Waals surface area (Å²) in [5.74, 6) is -0.384. The molecule has 0 aromatic heterocycles. The van der Waals surface area contributed by atoms with Gasteiger partial charge in [-0.2, -0.15) is 0 Å². The lowest BCUT2D eigenvalue weighted by molar-refractivity contribution is -0.140. The molecule has 0 fully saturated rings. The van der Waals surface area contributed by atoms with Crippen molar-refractivity contribution in [2.24, 2.45) is 5.92 Å². The van der Waals surface area contributed by atoms with E-state index in [2.05, 4.69) is 5.32 Å². The number of rotatable bonds is 12. The number of sulfonamides is 1. The third-order valence-corrected chi connectivity index (χ3v) is 7.86. The van der Waals surface area contributed by atoms with Crippen LogP contribution in [0.1, 0.15) is 39.2 Å². The zero-order valence-electron chi connectivity index (χ0n) is 21.1. The van der Waals surface area contributed by atoms with E-state index in [4.69, 9.17) is 46.4 Å². The van der Waals surface area contributed by atoms with Crippen LogP contribution in [0.15, 0.2) is 36.4 Å². The van der Waals surface area contributed by atoms with Gasteiger partial charge in [0, 0.05) is 41.1 Å². The van der Waals surface area contributed by atoms with E-state index >= 15 is 0 Å². The van der Waals surface area contributed by atoms with Crippen molar-refractivity contribution in [1.29, 1.82) is 0 Å². The Hall–Kier alpha value is -1.71. The number of nitrogens with zero attached hydrogens (tertiary/aromatic N) is 2. The van der Waals surface area contributed by atoms with Crippen LogP contribution < -0.4 is 9.62 Å². The van der Waals surface area contributed by atoms with Crippen LogP contribution in [0.5, 0.6) is 0 Å². The predicted octanol–water partition coefficient (Wildman–Crippen LogP) is 6.04. The Labute approximate surface area is 239 Å². The van der Waals surface area contributed by atoms with Crippen LogP contribution in [-0.4, -0.2) is 50.5 Å². The Bertz CT molecular complexity index is 1220. The summed E-state index contributed by atoms with van der Waals surface area (Å²) < 4.78 is 26.1. The lowest BCUT2D eigenvalue weighted by Crippen LogP contribution is -2.48. The van der Waals surface area contributed by atoms with Crippen molar-refractivity contribution >= 4 is 73.9 Å². The molecular formula is C25H31Cl4N3O4S. The fourth-order valence-electron chi connectivity index (χ4n) is 3.53. The number of carbonyl (C=O) groups is 2. The topological polar surface area (TPSA) is 86.8 Å². The first-order valence-electron chi connectivity index (χ1n) is 11.6.